The molecule has 1 aliphatic rings. The van der Waals surface area contributed by atoms with Crippen LogP contribution in [0.2, 0.25) is 0 Å². The van der Waals surface area contributed by atoms with Crippen LogP contribution in [0.1, 0.15) is 5.69 Å². The van der Waals surface area contributed by atoms with Gasteiger partial charge in [0.25, 0.3) is 0 Å². The first-order chi connectivity index (χ1) is 9.02. The topological polar surface area (TPSA) is 131 Å². The molecule has 9 heteroatoms. The number of hydrogen-bond acceptors (Lipinski definition) is 8. The predicted molar refractivity (Wildman–Crippen MR) is 65.4 cm³/mol. The summed E-state index contributed by atoms with van der Waals surface area (Å²) < 4.78 is 5.19. The molecule has 2 N–H and O–H groups in total. The van der Waals surface area contributed by atoms with E-state index in [1.807, 2.05) is 6.07 Å². The van der Waals surface area contributed by atoms with Crippen molar-refractivity contribution in [2.75, 3.05) is 30.3 Å². The Morgan fingerprint density at radius 1 is 1.63 bits per heavy atom. The quantitative estimate of drug-likeness (QED) is 0.583. The largest absolute Gasteiger partial charge is 0.368 e. The highest BCUT2D eigenvalue weighted by Gasteiger charge is 2.30. The van der Waals surface area contributed by atoms with E-state index in [2.05, 4.69) is 9.97 Å². The van der Waals surface area contributed by atoms with Gasteiger partial charge in [0, 0.05) is 6.54 Å². The fourth-order valence-electron chi connectivity index (χ4n) is 1.93. The van der Waals surface area contributed by atoms with E-state index in [1.165, 1.54) is 6.92 Å². The normalized spacial score (nSPS) is 18.9. The molecule has 1 unspecified atom stereocenters. The summed E-state index contributed by atoms with van der Waals surface area (Å²) >= 11 is 0. The molecular weight excluding hydrogens is 252 g/mol. The van der Waals surface area contributed by atoms with E-state index >= 15 is 0 Å². The first-order valence-electron chi connectivity index (χ1n) is 5.57. The lowest BCUT2D eigenvalue weighted by molar-refractivity contribution is -0.385. The van der Waals surface area contributed by atoms with Gasteiger partial charge in [-0.3, -0.25) is 10.1 Å². The monoisotopic (exact) mass is 264 g/mol. The Morgan fingerprint density at radius 2 is 2.37 bits per heavy atom. The molecule has 2 heterocycles. The number of nitro groups is 1. The van der Waals surface area contributed by atoms with Gasteiger partial charge in [-0.2, -0.15) is 10.2 Å². The molecule has 1 fully saturated rings. The van der Waals surface area contributed by atoms with Gasteiger partial charge in [0.2, 0.25) is 11.8 Å². The third kappa shape index (κ3) is 2.53. The number of nitrogens with zero attached hydrogens (tertiary/aromatic N) is 5. The number of nitrogens with two attached hydrogens (primary N) is 1. The first-order valence-corrected chi connectivity index (χ1v) is 5.57. The van der Waals surface area contributed by atoms with Crippen molar-refractivity contribution in [1.82, 2.24) is 9.97 Å². The molecule has 1 atom stereocenters. The summed E-state index contributed by atoms with van der Waals surface area (Å²) in [5.74, 6) is 0.108. The van der Waals surface area contributed by atoms with Crippen molar-refractivity contribution in [3.8, 4) is 6.07 Å². The molecule has 1 aromatic heterocycles. The van der Waals surface area contributed by atoms with Gasteiger partial charge in [-0.25, -0.2) is 4.98 Å². The number of aromatic nitrogens is 2. The molecule has 0 radical (unpaired) electrons. The minimum absolute atomic E-state index is 0.0295. The van der Waals surface area contributed by atoms with Gasteiger partial charge < -0.3 is 15.4 Å². The van der Waals surface area contributed by atoms with Crippen LogP contribution < -0.4 is 10.6 Å². The molecule has 0 amide bonds. The number of ether oxygens (including phenoxy) is 1. The van der Waals surface area contributed by atoms with Crippen molar-refractivity contribution in [3.05, 3.63) is 15.8 Å². The van der Waals surface area contributed by atoms with E-state index in [1.54, 1.807) is 4.90 Å². The molecule has 0 aliphatic carbocycles. The van der Waals surface area contributed by atoms with Crippen LogP contribution in [-0.4, -0.2) is 40.7 Å². The molecule has 2 rings (SSSR count). The van der Waals surface area contributed by atoms with Gasteiger partial charge in [-0.15, -0.1) is 0 Å². The van der Waals surface area contributed by atoms with E-state index in [0.29, 0.717) is 13.2 Å². The second-order valence-electron chi connectivity index (χ2n) is 4.03. The summed E-state index contributed by atoms with van der Waals surface area (Å²) in [5.41, 5.74) is 5.55. The Morgan fingerprint density at radius 3 is 3.00 bits per heavy atom. The second kappa shape index (κ2) is 5.03. The Kier molecular flexibility index (Phi) is 3.43. The van der Waals surface area contributed by atoms with Gasteiger partial charge in [-0.1, -0.05) is 0 Å². The van der Waals surface area contributed by atoms with Gasteiger partial charge >= 0.3 is 5.69 Å². The average Bonchev–Trinajstić information content (AvgIpc) is 2.37. The van der Waals surface area contributed by atoms with Gasteiger partial charge in [-0.05, 0) is 6.92 Å². The highest BCUT2D eigenvalue weighted by atomic mass is 16.6. The van der Waals surface area contributed by atoms with E-state index in [9.17, 15) is 10.1 Å². The number of rotatable bonds is 2. The van der Waals surface area contributed by atoms with Crippen LogP contribution >= 0.6 is 0 Å². The SMILES string of the molecule is Cc1nc(N)nc(N2CCOC(C#N)C2)c1[N+](=O)[O-]. The number of hydrogen-bond donors (Lipinski definition) is 1. The summed E-state index contributed by atoms with van der Waals surface area (Å²) in [4.78, 5) is 19.9. The Balaban J connectivity index is 2.43. The smallest absolute Gasteiger partial charge is 0.332 e. The molecule has 0 bridgehead atoms. The number of morpholine rings is 1. The van der Waals surface area contributed by atoms with Crippen LogP contribution in [0, 0.1) is 28.4 Å². The zero-order valence-corrected chi connectivity index (χ0v) is 10.2. The highest BCUT2D eigenvalue weighted by Crippen LogP contribution is 2.30. The zero-order valence-electron chi connectivity index (χ0n) is 10.2. The van der Waals surface area contributed by atoms with Crippen molar-refractivity contribution < 1.29 is 9.66 Å². The van der Waals surface area contributed by atoms with Crippen molar-refractivity contribution >= 4 is 17.5 Å². The average molecular weight is 264 g/mol. The van der Waals surface area contributed by atoms with Crippen molar-refractivity contribution in [3.63, 3.8) is 0 Å². The van der Waals surface area contributed by atoms with Crippen molar-refractivity contribution in [1.29, 1.82) is 5.26 Å². The molecule has 1 aromatic rings. The third-order valence-corrected chi connectivity index (χ3v) is 2.75. The number of nitrogen functional groups attached to an aromatic ring is 1. The molecular formula is C10H12N6O3. The summed E-state index contributed by atoms with van der Waals surface area (Å²) in [6, 6.07) is 1.97. The molecule has 1 saturated heterocycles. The van der Waals surface area contributed by atoms with E-state index < -0.39 is 11.0 Å². The van der Waals surface area contributed by atoms with Crippen LogP contribution in [-0.2, 0) is 4.74 Å². The Labute approximate surface area is 108 Å². The second-order valence-corrected chi connectivity index (χ2v) is 4.03. The van der Waals surface area contributed by atoms with Crippen molar-refractivity contribution in [2.45, 2.75) is 13.0 Å². The lowest BCUT2D eigenvalue weighted by atomic mass is 10.2. The van der Waals surface area contributed by atoms with Crippen molar-refractivity contribution in [2.24, 2.45) is 0 Å². The molecule has 1 aliphatic heterocycles. The zero-order chi connectivity index (χ0) is 14.0. The fourth-order valence-corrected chi connectivity index (χ4v) is 1.93. The standard InChI is InChI=1S/C10H12N6O3/c1-6-8(16(17)18)9(14-10(12)13-6)15-2-3-19-7(4-11)5-15/h7H,2-3,5H2,1H3,(H2,12,13,14). The van der Waals surface area contributed by atoms with Gasteiger partial charge in [0.1, 0.15) is 5.69 Å². The minimum atomic E-state index is -0.634. The maximum absolute atomic E-state index is 11.1. The van der Waals surface area contributed by atoms with Gasteiger partial charge in [0.05, 0.1) is 24.1 Å². The molecule has 100 valence electrons. The molecule has 9 nitrogen and oxygen atoms in total. The van der Waals surface area contributed by atoms with E-state index in [-0.39, 0.29) is 29.7 Å². The lowest BCUT2D eigenvalue weighted by Crippen LogP contribution is -2.42. The van der Waals surface area contributed by atoms with E-state index in [0.717, 1.165) is 0 Å². The van der Waals surface area contributed by atoms with Crippen LogP contribution in [0.25, 0.3) is 0 Å². The highest BCUT2D eigenvalue weighted by molar-refractivity contribution is 5.62. The lowest BCUT2D eigenvalue weighted by Gasteiger charge is -2.30. The maximum Gasteiger partial charge on any atom is 0.332 e. The number of aryl methyl sites for hydroxylation is 1. The fraction of sp³-hybridized carbons (Fsp3) is 0.500. The van der Waals surface area contributed by atoms with E-state index in [4.69, 9.17) is 15.7 Å². The molecule has 0 aromatic carbocycles. The van der Waals surface area contributed by atoms with Crippen LogP contribution in [0.15, 0.2) is 0 Å². The summed E-state index contributed by atoms with van der Waals surface area (Å²) in [6.45, 7) is 2.43. The minimum Gasteiger partial charge on any atom is -0.368 e. The Hall–Kier alpha value is -2.47. The summed E-state index contributed by atoms with van der Waals surface area (Å²) in [7, 11) is 0. The predicted octanol–water partition coefficient (Wildman–Crippen LogP) is 0.00420. The summed E-state index contributed by atoms with van der Waals surface area (Å²) in [5, 5.41) is 20.0. The first kappa shape index (κ1) is 13.0. The van der Waals surface area contributed by atoms with Crippen LogP contribution in [0.4, 0.5) is 17.5 Å². The molecule has 19 heavy (non-hydrogen) atoms. The number of anilines is 2. The van der Waals surface area contributed by atoms with Crippen LogP contribution in [0.5, 0.6) is 0 Å². The van der Waals surface area contributed by atoms with Crippen LogP contribution in [0.3, 0.4) is 0 Å². The number of nitriles is 1. The van der Waals surface area contributed by atoms with Gasteiger partial charge in [0.15, 0.2) is 6.10 Å². The third-order valence-electron chi connectivity index (χ3n) is 2.75. The summed E-state index contributed by atoms with van der Waals surface area (Å²) in [6.07, 6.45) is -0.634. The molecule has 0 saturated carbocycles. The molecule has 0 spiro atoms. The Bertz CT molecular complexity index is 555. The maximum atomic E-state index is 11.1.